The first-order chi connectivity index (χ1) is 15.9. The van der Waals surface area contributed by atoms with Crippen LogP contribution in [0.15, 0.2) is 11.0 Å². The van der Waals surface area contributed by atoms with E-state index in [-0.39, 0.29) is 36.2 Å². The minimum absolute atomic E-state index is 0.00337. The fraction of sp³-hybridized carbons (Fsp3) is 0.741. The van der Waals surface area contributed by atoms with Crippen molar-refractivity contribution in [3.05, 3.63) is 21.7 Å². The molecular weight excluding hydrogens is 450 g/mol. The zero-order chi connectivity index (χ0) is 25.2. The molecule has 2 fully saturated rings. The fourth-order valence-corrected chi connectivity index (χ4v) is 5.53. The molecule has 0 amide bonds. The van der Waals surface area contributed by atoms with Crippen molar-refractivity contribution in [3.63, 3.8) is 0 Å². The van der Waals surface area contributed by atoms with Gasteiger partial charge in [-0.2, -0.15) is 0 Å². The minimum Gasteiger partial charge on any atom is -0.458 e. The Labute approximate surface area is 208 Å². The molecule has 0 spiro atoms. The molecule has 0 bridgehead atoms. The Balaban J connectivity index is 1.81. The highest BCUT2D eigenvalue weighted by molar-refractivity contribution is 7.09. The largest absolute Gasteiger partial charge is 0.458 e. The van der Waals surface area contributed by atoms with Crippen LogP contribution in [0.5, 0.6) is 0 Å². The lowest BCUT2D eigenvalue weighted by Gasteiger charge is -2.35. The number of fused-ring (bicyclic) bond motifs is 1. The number of hydrogen-bond donors (Lipinski definition) is 1. The van der Waals surface area contributed by atoms with E-state index in [0.29, 0.717) is 12.3 Å². The lowest BCUT2D eigenvalue weighted by molar-refractivity contribution is -0.154. The van der Waals surface area contributed by atoms with Crippen molar-refractivity contribution in [2.75, 3.05) is 0 Å². The van der Waals surface area contributed by atoms with Crippen molar-refractivity contribution in [2.24, 2.45) is 23.2 Å². The smallest absolute Gasteiger partial charge is 0.309 e. The summed E-state index contributed by atoms with van der Waals surface area (Å²) in [6.07, 6.45) is 4.06. The topological polar surface area (TPSA) is 89.0 Å². The van der Waals surface area contributed by atoms with Crippen LogP contribution in [0.1, 0.15) is 84.3 Å². The zero-order valence-electron chi connectivity index (χ0n) is 21.7. The Morgan fingerprint density at radius 2 is 1.91 bits per heavy atom. The summed E-state index contributed by atoms with van der Waals surface area (Å²) >= 11 is 1.58. The third kappa shape index (κ3) is 6.55. The van der Waals surface area contributed by atoms with Crippen LogP contribution in [0.4, 0.5) is 0 Å². The number of thiazole rings is 1. The Hall–Kier alpha value is -1.57. The molecule has 2 saturated heterocycles. The van der Waals surface area contributed by atoms with E-state index < -0.39 is 23.6 Å². The predicted molar refractivity (Wildman–Crippen MR) is 134 cm³/mol. The number of carbonyl (C=O) groups excluding carboxylic acids is 2. The Bertz CT molecular complexity index is 907. The van der Waals surface area contributed by atoms with E-state index in [4.69, 9.17) is 9.47 Å². The molecule has 2 aliphatic rings. The molecule has 3 unspecified atom stereocenters. The second-order valence-corrected chi connectivity index (χ2v) is 12.0. The maximum atomic E-state index is 13.3. The van der Waals surface area contributed by atoms with E-state index in [1.54, 1.807) is 25.2 Å². The quantitative estimate of drug-likeness (QED) is 0.442. The molecule has 34 heavy (non-hydrogen) atoms. The van der Waals surface area contributed by atoms with Crippen molar-refractivity contribution < 1.29 is 24.2 Å². The number of epoxide rings is 1. The standard InChI is InChI=1S/C27H41NO5S/c1-15-9-8-10-21-23(32-21)12-22(16(2)11-20-14-34-19(5)28-20)33-25(30)13-24(29)27(6,7)26(31)18(4)17(15)3/h11,14-15,17-18,21-24,29H,8-10,12-13H2,1-7H3/t15-,17-,18+,21?,22?,23?,24-/m0/s1. The molecule has 190 valence electrons. The van der Waals surface area contributed by atoms with Gasteiger partial charge >= 0.3 is 5.97 Å². The third-order valence-electron chi connectivity index (χ3n) is 8.00. The van der Waals surface area contributed by atoms with Gasteiger partial charge in [-0.1, -0.05) is 47.5 Å². The number of Topliss-reactive ketones (excluding diaryl/α,β-unsaturated/α-hetero) is 1. The monoisotopic (exact) mass is 491 g/mol. The number of nitrogens with zero attached hydrogens (tertiary/aromatic N) is 1. The van der Waals surface area contributed by atoms with E-state index in [2.05, 4.69) is 18.8 Å². The minimum atomic E-state index is -1.11. The predicted octanol–water partition coefficient (Wildman–Crippen LogP) is 5.36. The van der Waals surface area contributed by atoms with Crippen molar-refractivity contribution in [2.45, 2.75) is 105 Å². The number of aryl methyl sites for hydroxylation is 1. The van der Waals surface area contributed by atoms with E-state index in [1.165, 1.54) is 0 Å². The number of carbonyl (C=O) groups is 2. The molecule has 0 aliphatic carbocycles. The molecular formula is C27H41NO5S. The first-order valence-corrected chi connectivity index (χ1v) is 13.5. The molecule has 0 radical (unpaired) electrons. The van der Waals surface area contributed by atoms with Gasteiger partial charge in [0.2, 0.25) is 0 Å². The maximum Gasteiger partial charge on any atom is 0.309 e. The van der Waals surface area contributed by atoms with Gasteiger partial charge in [0, 0.05) is 17.7 Å². The van der Waals surface area contributed by atoms with Gasteiger partial charge in [0.25, 0.3) is 0 Å². The molecule has 3 heterocycles. The average molecular weight is 492 g/mol. The molecule has 1 aromatic heterocycles. The lowest BCUT2D eigenvalue weighted by Crippen LogP contribution is -2.44. The molecule has 0 saturated carbocycles. The summed E-state index contributed by atoms with van der Waals surface area (Å²) in [6.45, 7) is 13.6. The van der Waals surface area contributed by atoms with Gasteiger partial charge in [0.05, 0.1) is 40.8 Å². The van der Waals surface area contributed by atoms with E-state index in [0.717, 1.165) is 35.5 Å². The highest BCUT2D eigenvalue weighted by Crippen LogP contribution is 2.37. The van der Waals surface area contributed by atoms with E-state index in [9.17, 15) is 14.7 Å². The molecule has 7 atom stereocenters. The Morgan fingerprint density at radius 3 is 2.56 bits per heavy atom. The van der Waals surface area contributed by atoms with Crippen LogP contribution >= 0.6 is 11.3 Å². The summed E-state index contributed by atoms with van der Waals surface area (Å²) < 4.78 is 11.8. The Morgan fingerprint density at radius 1 is 1.21 bits per heavy atom. The normalized spacial score (nSPS) is 36.0. The number of aliphatic hydroxyl groups excluding tert-OH is 1. The first-order valence-electron chi connectivity index (χ1n) is 12.6. The molecule has 7 heteroatoms. The number of ether oxygens (including phenoxy) is 2. The van der Waals surface area contributed by atoms with Crippen LogP contribution in [0.2, 0.25) is 0 Å². The van der Waals surface area contributed by atoms with Gasteiger partial charge < -0.3 is 14.6 Å². The van der Waals surface area contributed by atoms with E-state index >= 15 is 0 Å². The zero-order valence-corrected chi connectivity index (χ0v) is 22.5. The van der Waals surface area contributed by atoms with E-state index in [1.807, 2.05) is 32.2 Å². The molecule has 3 rings (SSSR count). The third-order valence-corrected chi connectivity index (χ3v) is 8.80. The van der Waals surface area contributed by atoms with Crippen molar-refractivity contribution >= 4 is 29.2 Å². The van der Waals surface area contributed by atoms with Crippen molar-refractivity contribution in [1.29, 1.82) is 0 Å². The second-order valence-electron chi connectivity index (χ2n) is 11.0. The molecule has 2 aliphatic heterocycles. The summed E-state index contributed by atoms with van der Waals surface area (Å²) in [5.74, 6) is -0.119. The molecule has 1 aromatic rings. The molecule has 0 aromatic carbocycles. The number of esters is 1. The highest BCUT2D eigenvalue weighted by atomic mass is 32.1. The van der Waals surface area contributed by atoms with Gasteiger partial charge in [-0.3, -0.25) is 9.59 Å². The average Bonchev–Trinajstić information content (AvgIpc) is 3.38. The van der Waals surface area contributed by atoms with Gasteiger partial charge in [-0.15, -0.1) is 11.3 Å². The number of rotatable bonds is 2. The number of hydrogen-bond acceptors (Lipinski definition) is 7. The number of aromatic nitrogens is 1. The van der Waals surface area contributed by atoms with Gasteiger partial charge in [0.15, 0.2) is 0 Å². The maximum absolute atomic E-state index is 13.3. The van der Waals surface area contributed by atoms with Crippen LogP contribution in [0.25, 0.3) is 6.08 Å². The SMILES string of the molecule is CC(=Cc1csc(C)n1)C1CC2OC2CCC[C@H](C)[C@H](C)[C@@H](C)C(=O)C(C)(C)[C@@H](O)CC(=O)O1. The van der Waals surface area contributed by atoms with Crippen LogP contribution < -0.4 is 0 Å². The van der Waals surface area contributed by atoms with Crippen LogP contribution in [-0.2, 0) is 19.1 Å². The summed E-state index contributed by atoms with van der Waals surface area (Å²) in [5, 5.41) is 13.9. The second kappa shape index (κ2) is 11.0. The van der Waals surface area contributed by atoms with Crippen molar-refractivity contribution in [3.8, 4) is 0 Å². The Kier molecular flexibility index (Phi) is 8.75. The number of cyclic esters (lactones) is 1. The van der Waals surface area contributed by atoms with Crippen LogP contribution in [-0.4, -0.2) is 46.3 Å². The lowest BCUT2D eigenvalue weighted by atomic mass is 9.70. The molecule has 1 N–H and O–H groups in total. The summed E-state index contributed by atoms with van der Waals surface area (Å²) in [6, 6.07) is 0. The van der Waals surface area contributed by atoms with Gasteiger partial charge in [-0.05, 0) is 43.8 Å². The van der Waals surface area contributed by atoms with Crippen molar-refractivity contribution in [1.82, 2.24) is 4.98 Å². The number of ketones is 1. The summed E-state index contributed by atoms with van der Waals surface area (Å²) in [4.78, 5) is 30.7. The highest BCUT2D eigenvalue weighted by Gasteiger charge is 2.44. The number of aliphatic hydroxyl groups is 1. The summed E-state index contributed by atoms with van der Waals surface area (Å²) in [7, 11) is 0. The van der Waals surface area contributed by atoms with Crippen LogP contribution in [0.3, 0.4) is 0 Å². The first kappa shape index (κ1) is 27.0. The van der Waals surface area contributed by atoms with Gasteiger partial charge in [-0.25, -0.2) is 4.98 Å². The van der Waals surface area contributed by atoms with Crippen LogP contribution in [0, 0.1) is 30.1 Å². The summed E-state index contributed by atoms with van der Waals surface area (Å²) in [5.41, 5.74) is 0.711. The molecule has 6 nitrogen and oxygen atoms in total. The van der Waals surface area contributed by atoms with Gasteiger partial charge in [0.1, 0.15) is 11.9 Å². The fourth-order valence-electron chi connectivity index (χ4n) is 4.96.